The van der Waals surface area contributed by atoms with Crippen LogP contribution < -0.4 is 0 Å². The van der Waals surface area contributed by atoms with Crippen molar-refractivity contribution in [1.29, 1.82) is 0 Å². The van der Waals surface area contributed by atoms with Gasteiger partial charge < -0.3 is 10.1 Å². The van der Waals surface area contributed by atoms with Gasteiger partial charge in [-0.2, -0.15) is 0 Å². The van der Waals surface area contributed by atoms with Crippen molar-refractivity contribution in [3.8, 4) is 0 Å². The molecule has 2 N–H and O–H groups in total. The van der Waals surface area contributed by atoms with Crippen LogP contribution in [0.4, 0.5) is 0 Å². The highest BCUT2D eigenvalue weighted by Crippen LogP contribution is 2.23. The minimum Gasteiger partial charge on any atom is -0.477 e. The molecule has 5 heteroatoms. The lowest BCUT2D eigenvalue weighted by Gasteiger charge is -1.96. The normalized spacial score (nSPS) is 11.0. The Bertz CT molecular complexity index is 703. The first-order valence-corrected chi connectivity index (χ1v) is 4.70. The number of carbonyl (C=O) groups is 1. The van der Waals surface area contributed by atoms with Crippen molar-refractivity contribution < 1.29 is 9.90 Å². The molecule has 0 amide bonds. The molecule has 0 aliphatic heterocycles. The van der Waals surface area contributed by atoms with Gasteiger partial charge in [0.05, 0.1) is 23.4 Å². The summed E-state index contributed by atoms with van der Waals surface area (Å²) < 4.78 is 0. The van der Waals surface area contributed by atoms with Gasteiger partial charge in [-0.15, -0.1) is 0 Å². The van der Waals surface area contributed by atoms with Gasteiger partial charge in [0.15, 0.2) is 0 Å². The molecule has 0 aromatic carbocycles. The summed E-state index contributed by atoms with van der Waals surface area (Å²) >= 11 is 0. The summed E-state index contributed by atoms with van der Waals surface area (Å²) in [6.45, 7) is 0. The average Bonchev–Trinajstić information content (AvgIpc) is 2.73. The van der Waals surface area contributed by atoms with E-state index in [9.17, 15) is 4.79 Å². The molecule has 0 saturated carbocycles. The smallest absolute Gasteiger partial charge is 0.352 e. The molecule has 0 aliphatic carbocycles. The van der Waals surface area contributed by atoms with Crippen LogP contribution in [0.15, 0.2) is 30.7 Å². The molecule has 0 bridgehead atoms. The third-order valence-electron chi connectivity index (χ3n) is 2.50. The molecular formula is C11H7N3O2. The number of fused-ring (bicyclic) bond motifs is 3. The SMILES string of the molecule is O=C(O)c1cc2c(cnc3cnccc32)[nH]1. The highest BCUT2D eigenvalue weighted by atomic mass is 16.4. The monoisotopic (exact) mass is 213 g/mol. The Kier molecular flexibility index (Phi) is 1.67. The molecule has 3 rings (SSSR count). The molecule has 0 spiro atoms. The minimum atomic E-state index is -0.974. The summed E-state index contributed by atoms with van der Waals surface area (Å²) in [5.41, 5.74) is 1.64. The topological polar surface area (TPSA) is 78.9 Å². The highest BCUT2D eigenvalue weighted by molar-refractivity contribution is 6.07. The summed E-state index contributed by atoms with van der Waals surface area (Å²) in [5.74, 6) is -0.974. The van der Waals surface area contributed by atoms with Crippen LogP contribution in [0.2, 0.25) is 0 Å². The molecule has 3 heterocycles. The number of carboxylic acid groups (broad SMARTS) is 1. The quantitative estimate of drug-likeness (QED) is 0.646. The van der Waals surface area contributed by atoms with E-state index in [0.717, 1.165) is 21.8 Å². The Balaban J connectivity index is 2.46. The lowest BCUT2D eigenvalue weighted by Crippen LogP contribution is -1.94. The van der Waals surface area contributed by atoms with Crippen molar-refractivity contribution in [3.63, 3.8) is 0 Å². The number of hydrogen-bond donors (Lipinski definition) is 2. The number of pyridine rings is 2. The number of carboxylic acids is 1. The van der Waals surface area contributed by atoms with Crippen LogP contribution in [-0.4, -0.2) is 26.0 Å². The van der Waals surface area contributed by atoms with Crippen molar-refractivity contribution in [3.05, 3.63) is 36.4 Å². The summed E-state index contributed by atoms with van der Waals surface area (Å²) in [7, 11) is 0. The number of nitrogens with zero attached hydrogens (tertiary/aromatic N) is 2. The van der Waals surface area contributed by atoms with E-state index < -0.39 is 5.97 Å². The second kappa shape index (κ2) is 3.03. The number of aromatic nitrogens is 3. The van der Waals surface area contributed by atoms with Crippen LogP contribution in [-0.2, 0) is 0 Å². The van der Waals surface area contributed by atoms with Crippen molar-refractivity contribution in [2.45, 2.75) is 0 Å². The van der Waals surface area contributed by atoms with Crippen LogP contribution in [0.3, 0.4) is 0 Å². The standard InChI is InChI=1S/C11H7N3O2/c15-11(16)8-3-7-6-1-2-12-4-9(6)13-5-10(7)14-8/h1-5,14H,(H,15,16). The molecule has 3 aromatic heterocycles. The maximum atomic E-state index is 10.8. The maximum Gasteiger partial charge on any atom is 0.352 e. The van der Waals surface area contributed by atoms with Crippen molar-refractivity contribution in [2.24, 2.45) is 0 Å². The van der Waals surface area contributed by atoms with E-state index >= 15 is 0 Å². The van der Waals surface area contributed by atoms with E-state index in [0.29, 0.717) is 0 Å². The van der Waals surface area contributed by atoms with Crippen LogP contribution in [0.25, 0.3) is 21.8 Å². The van der Waals surface area contributed by atoms with Crippen molar-refractivity contribution >= 4 is 27.8 Å². The molecule has 78 valence electrons. The molecule has 0 atom stereocenters. The Labute approximate surface area is 89.8 Å². The second-order valence-electron chi connectivity index (χ2n) is 3.47. The van der Waals surface area contributed by atoms with E-state index in [1.54, 1.807) is 24.7 Å². The molecule has 0 unspecified atom stereocenters. The lowest BCUT2D eigenvalue weighted by molar-refractivity contribution is 0.0691. The summed E-state index contributed by atoms with van der Waals surface area (Å²) in [4.78, 5) is 21.8. The summed E-state index contributed by atoms with van der Waals surface area (Å²) in [6, 6.07) is 3.44. The van der Waals surface area contributed by atoms with Crippen LogP contribution >= 0.6 is 0 Å². The first kappa shape index (κ1) is 8.84. The fourth-order valence-corrected chi connectivity index (χ4v) is 1.76. The van der Waals surface area contributed by atoms with Gasteiger partial charge in [0.1, 0.15) is 5.69 Å². The largest absolute Gasteiger partial charge is 0.477 e. The molecule has 0 radical (unpaired) electrons. The third-order valence-corrected chi connectivity index (χ3v) is 2.50. The number of H-pyrrole nitrogens is 1. The predicted molar refractivity (Wildman–Crippen MR) is 58.4 cm³/mol. The van der Waals surface area contributed by atoms with Crippen molar-refractivity contribution in [2.75, 3.05) is 0 Å². The molecule has 16 heavy (non-hydrogen) atoms. The zero-order valence-electron chi connectivity index (χ0n) is 8.14. The fraction of sp³-hybridized carbons (Fsp3) is 0. The Morgan fingerprint density at radius 3 is 3.00 bits per heavy atom. The van der Waals surface area contributed by atoms with E-state index in [4.69, 9.17) is 5.11 Å². The average molecular weight is 213 g/mol. The van der Waals surface area contributed by atoms with Crippen LogP contribution in [0.1, 0.15) is 10.5 Å². The molecule has 0 saturated heterocycles. The Morgan fingerprint density at radius 2 is 2.19 bits per heavy atom. The highest BCUT2D eigenvalue weighted by Gasteiger charge is 2.09. The summed E-state index contributed by atoms with van der Waals surface area (Å²) in [6.07, 6.45) is 4.94. The molecule has 0 fully saturated rings. The van der Waals surface area contributed by atoms with E-state index in [1.165, 1.54) is 0 Å². The third kappa shape index (κ3) is 1.15. The number of nitrogens with one attached hydrogen (secondary N) is 1. The van der Waals surface area contributed by atoms with Gasteiger partial charge in [-0.05, 0) is 12.1 Å². The van der Waals surface area contributed by atoms with Crippen LogP contribution in [0, 0.1) is 0 Å². The van der Waals surface area contributed by atoms with Gasteiger partial charge in [-0.1, -0.05) is 0 Å². The van der Waals surface area contributed by atoms with E-state index in [1.807, 2.05) is 6.07 Å². The number of hydrogen-bond acceptors (Lipinski definition) is 3. The lowest BCUT2D eigenvalue weighted by atomic mass is 10.2. The number of aromatic amines is 1. The van der Waals surface area contributed by atoms with E-state index in [-0.39, 0.29) is 5.69 Å². The maximum absolute atomic E-state index is 10.8. The minimum absolute atomic E-state index is 0.168. The van der Waals surface area contributed by atoms with Gasteiger partial charge in [0.2, 0.25) is 0 Å². The van der Waals surface area contributed by atoms with Gasteiger partial charge in [0, 0.05) is 17.0 Å². The molecular weight excluding hydrogens is 206 g/mol. The van der Waals surface area contributed by atoms with Gasteiger partial charge in [-0.25, -0.2) is 4.79 Å². The number of aromatic carboxylic acids is 1. The van der Waals surface area contributed by atoms with Gasteiger partial charge in [-0.3, -0.25) is 9.97 Å². The first-order chi connectivity index (χ1) is 7.75. The zero-order chi connectivity index (χ0) is 11.1. The molecule has 0 aliphatic rings. The Morgan fingerprint density at radius 1 is 1.31 bits per heavy atom. The van der Waals surface area contributed by atoms with Crippen molar-refractivity contribution in [1.82, 2.24) is 15.0 Å². The zero-order valence-corrected chi connectivity index (χ0v) is 8.14. The Hall–Kier alpha value is -2.43. The molecule has 3 aromatic rings. The number of rotatable bonds is 1. The fourth-order valence-electron chi connectivity index (χ4n) is 1.76. The van der Waals surface area contributed by atoms with Crippen LogP contribution in [0.5, 0.6) is 0 Å². The summed E-state index contributed by atoms with van der Waals surface area (Å²) in [5, 5.41) is 10.6. The second-order valence-corrected chi connectivity index (χ2v) is 3.47. The van der Waals surface area contributed by atoms with Gasteiger partial charge >= 0.3 is 5.97 Å². The first-order valence-electron chi connectivity index (χ1n) is 4.70. The van der Waals surface area contributed by atoms with E-state index in [2.05, 4.69) is 15.0 Å². The molecule has 5 nitrogen and oxygen atoms in total. The predicted octanol–water partition coefficient (Wildman–Crippen LogP) is 1.81. The van der Waals surface area contributed by atoms with Gasteiger partial charge in [0.25, 0.3) is 0 Å².